The minimum Gasteiger partial charge on any atom is -0.268 e. The first-order valence-electron chi connectivity index (χ1n) is 4.64. The molecule has 1 saturated heterocycles. The summed E-state index contributed by atoms with van der Waals surface area (Å²) in [7, 11) is -1.93. The summed E-state index contributed by atoms with van der Waals surface area (Å²) in [6, 6.07) is -0.0472. The lowest BCUT2D eigenvalue weighted by Crippen LogP contribution is -2.43. The highest BCUT2D eigenvalue weighted by Crippen LogP contribution is 2.20. The van der Waals surface area contributed by atoms with Crippen molar-refractivity contribution in [3.8, 4) is 0 Å². The number of hydrogen-bond donors (Lipinski definition) is 0. The van der Waals surface area contributed by atoms with Crippen LogP contribution in [0.4, 0.5) is 0 Å². The van der Waals surface area contributed by atoms with Crippen LogP contribution in [0, 0.1) is 0 Å². The van der Waals surface area contributed by atoms with Crippen molar-refractivity contribution in [2.75, 3.05) is 11.5 Å². The van der Waals surface area contributed by atoms with Gasteiger partial charge >= 0.3 is 5.69 Å². The van der Waals surface area contributed by atoms with Crippen LogP contribution in [0.3, 0.4) is 0 Å². The second-order valence-corrected chi connectivity index (χ2v) is 6.30. The second-order valence-electron chi connectivity index (χ2n) is 3.70. The summed E-state index contributed by atoms with van der Waals surface area (Å²) in [5.74, 6) is 4.50. The van der Waals surface area contributed by atoms with Crippen molar-refractivity contribution in [1.29, 1.82) is 0 Å². The van der Waals surface area contributed by atoms with E-state index in [4.69, 9.17) is 0 Å². The molecule has 1 aromatic heterocycles. The summed E-state index contributed by atoms with van der Waals surface area (Å²) in [6.07, 6.45) is 4.87. The van der Waals surface area contributed by atoms with Crippen LogP contribution in [0.5, 0.6) is 0 Å². The monoisotopic (exact) mass is 227 g/mol. The van der Waals surface area contributed by atoms with Crippen LogP contribution in [0.2, 0.25) is 0 Å². The second kappa shape index (κ2) is 3.37. The fourth-order valence-corrected chi connectivity index (χ4v) is 3.22. The Kier molecular flexibility index (Phi) is 2.30. The fourth-order valence-electron chi connectivity index (χ4n) is 1.64. The largest absolute Gasteiger partial charge is 0.350 e. The molecule has 1 aliphatic rings. The third-order valence-corrected chi connectivity index (χ3v) is 4.35. The first-order chi connectivity index (χ1) is 7.03. The molecule has 0 aliphatic carbocycles. The maximum Gasteiger partial charge on any atom is 0.350 e. The van der Waals surface area contributed by atoms with Crippen molar-refractivity contribution in [2.24, 2.45) is 0 Å². The SMILES string of the molecule is C=S1(=O)CC(n2ncn(/C=C/C)c2=O)C1. The molecule has 1 aromatic rings. The summed E-state index contributed by atoms with van der Waals surface area (Å²) < 4.78 is 14.2. The number of allylic oxidation sites excluding steroid dienone is 1. The molecular weight excluding hydrogens is 214 g/mol. The molecule has 82 valence electrons. The first-order valence-corrected chi connectivity index (χ1v) is 6.71. The van der Waals surface area contributed by atoms with Crippen LogP contribution in [-0.2, 0) is 9.52 Å². The number of aromatic nitrogens is 3. The highest BCUT2D eigenvalue weighted by Gasteiger charge is 2.31. The van der Waals surface area contributed by atoms with Gasteiger partial charge in [-0.05, 0) is 22.3 Å². The highest BCUT2D eigenvalue weighted by atomic mass is 32.2. The lowest BCUT2D eigenvalue weighted by Gasteiger charge is -2.28. The topological polar surface area (TPSA) is 56.9 Å². The van der Waals surface area contributed by atoms with Crippen molar-refractivity contribution in [2.45, 2.75) is 13.0 Å². The van der Waals surface area contributed by atoms with E-state index < -0.39 is 9.52 Å². The summed E-state index contributed by atoms with van der Waals surface area (Å²) in [4.78, 5) is 11.7. The molecular formula is C9H13N3O2S. The Morgan fingerprint density at radius 1 is 1.67 bits per heavy atom. The van der Waals surface area contributed by atoms with E-state index in [1.807, 2.05) is 6.92 Å². The van der Waals surface area contributed by atoms with Gasteiger partial charge in [-0.3, -0.25) is 8.78 Å². The molecule has 1 fully saturated rings. The van der Waals surface area contributed by atoms with Crippen molar-refractivity contribution in [3.05, 3.63) is 22.9 Å². The van der Waals surface area contributed by atoms with Gasteiger partial charge in [0.2, 0.25) is 0 Å². The van der Waals surface area contributed by atoms with Crippen LogP contribution >= 0.6 is 0 Å². The van der Waals surface area contributed by atoms with E-state index in [-0.39, 0.29) is 11.7 Å². The lowest BCUT2D eigenvalue weighted by molar-refractivity contribution is 0.487. The van der Waals surface area contributed by atoms with Crippen molar-refractivity contribution >= 4 is 21.6 Å². The Balaban J connectivity index is 2.29. The average molecular weight is 227 g/mol. The molecule has 6 heteroatoms. The predicted molar refractivity (Wildman–Crippen MR) is 61.5 cm³/mol. The Labute approximate surface area is 88.0 Å². The fraction of sp³-hybridized carbons (Fsp3) is 0.444. The van der Waals surface area contributed by atoms with Crippen LogP contribution in [-0.4, -0.2) is 35.9 Å². The van der Waals surface area contributed by atoms with Gasteiger partial charge in [-0.15, -0.1) is 0 Å². The molecule has 2 heterocycles. The van der Waals surface area contributed by atoms with E-state index in [9.17, 15) is 9.00 Å². The zero-order valence-electron chi connectivity index (χ0n) is 8.50. The molecule has 0 unspecified atom stereocenters. The van der Waals surface area contributed by atoms with Crippen LogP contribution in [0.25, 0.3) is 6.20 Å². The normalized spacial score (nSPS) is 30.6. The summed E-state index contributed by atoms with van der Waals surface area (Å²) in [6.45, 7) is 1.83. The van der Waals surface area contributed by atoms with E-state index in [1.54, 1.807) is 12.3 Å². The number of nitrogens with zero attached hydrogens (tertiary/aromatic N) is 3. The Hall–Kier alpha value is -1.30. The molecule has 0 N–H and O–H groups in total. The standard InChI is InChI=1S/C9H13N3O2S/c1-3-4-11-7-10-12(9(11)13)8-5-15(2,14)6-8/h3-4,7-8H,2,5-6H2,1H3/b4-3+. The molecule has 5 nitrogen and oxygen atoms in total. The van der Waals surface area contributed by atoms with Crippen molar-refractivity contribution in [3.63, 3.8) is 0 Å². The van der Waals surface area contributed by atoms with Gasteiger partial charge in [0.15, 0.2) is 0 Å². The Bertz CT molecular complexity index is 538. The Morgan fingerprint density at radius 2 is 2.33 bits per heavy atom. The van der Waals surface area contributed by atoms with Gasteiger partial charge in [0.25, 0.3) is 0 Å². The van der Waals surface area contributed by atoms with Gasteiger partial charge in [-0.1, -0.05) is 6.08 Å². The minimum atomic E-state index is -1.93. The molecule has 0 saturated carbocycles. The molecule has 1 aliphatic heterocycles. The molecule has 0 amide bonds. The van der Waals surface area contributed by atoms with Gasteiger partial charge < -0.3 is 0 Å². The van der Waals surface area contributed by atoms with Gasteiger partial charge in [-0.25, -0.2) is 9.48 Å². The smallest absolute Gasteiger partial charge is 0.268 e. The van der Waals surface area contributed by atoms with E-state index >= 15 is 0 Å². The molecule has 2 rings (SSSR count). The van der Waals surface area contributed by atoms with Crippen LogP contribution in [0.1, 0.15) is 13.0 Å². The lowest BCUT2D eigenvalue weighted by atomic mass is 10.4. The maximum absolute atomic E-state index is 11.7. The molecule has 0 spiro atoms. The third kappa shape index (κ3) is 1.77. The average Bonchev–Trinajstić information content (AvgIpc) is 2.45. The van der Waals surface area contributed by atoms with Gasteiger partial charge in [-0.2, -0.15) is 5.10 Å². The molecule has 0 radical (unpaired) electrons. The Morgan fingerprint density at radius 3 is 2.87 bits per heavy atom. The molecule has 0 atom stereocenters. The third-order valence-electron chi connectivity index (χ3n) is 2.37. The highest BCUT2D eigenvalue weighted by molar-refractivity contribution is 8.01. The summed E-state index contributed by atoms with van der Waals surface area (Å²) in [5, 5.41) is 3.98. The molecule has 0 aromatic carbocycles. The molecule has 0 bridgehead atoms. The molecule has 15 heavy (non-hydrogen) atoms. The van der Waals surface area contributed by atoms with E-state index in [0.717, 1.165) is 0 Å². The zero-order chi connectivity index (χ0) is 11.1. The van der Waals surface area contributed by atoms with E-state index in [0.29, 0.717) is 11.5 Å². The summed E-state index contributed by atoms with van der Waals surface area (Å²) >= 11 is 0. The summed E-state index contributed by atoms with van der Waals surface area (Å²) in [5.41, 5.74) is -0.187. The van der Waals surface area contributed by atoms with E-state index in [2.05, 4.69) is 11.0 Å². The van der Waals surface area contributed by atoms with Crippen molar-refractivity contribution in [1.82, 2.24) is 14.3 Å². The first kappa shape index (κ1) is 10.2. The quantitative estimate of drug-likeness (QED) is 0.658. The van der Waals surface area contributed by atoms with Gasteiger partial charge in [0.05, 0.1) is 6.04 Å². The van der Waals surface area contributed by atoms with Crippen LogP contribution < -0.4 is 5.69 Å². The zero-order valence-corrected chi connectivity index (χ0v) is 9.31. The van der Waals surface area contributed by atoms with Gasteiger partial charge in [0, 0.05) is 17.7 Å². The minimum absolute atomic E-state index is 0.0472. The van der Waals surface area contributed by atoms with Crippen LogP contribution in [0.15, 0.2) is 17.2 Å². The predicted octanol–water partition coefficient (Wildman–Crippen LogP) is -0.194. The number of rotatable bonds is 2. The van der Waals surface area contributed by atoms with Crippen molar-refractivity contribution < 1.29 is 4.21 Å². The van der Waals surface area contributed by atoms with E-state index in [1.165, 1.54) is 15.6 Å². The number of hydrogen-bond acceptors (Lipinski definition) is 3. The van der Waals surface area contributed by atoms with Gasteiger partial charge in [0.1, 0.15) is 6.33 Å². The maximum atomic E-state index is 11.7.